The Morgan fingerprint density at radius 2 is 1.76 bits per heavy atom. The Bertz CT molecular complexity index is 1170. The minimum atomic E-state index is -3.57. The maximum absolute atomic E-state index is 12.3. The van der Waals surface area contributed by atoms with Crippen LogP contribution in [0.1, 0.15) is 10.4 Å². The Labute approximate surface area is 165 Å². The second-order valence-corrected chi connectivity index (χ2v) is 8.10. The standard InChI is InChI=1S/C17H15N5O6S/c1-21(2)29(26,27)12-9-7-11(8-10-12)16-19-20-17(28-16)18-15(23)13-5-3-4-6-14(13)22(24)25/h3-10H,1-2H3,(H,18,20,23). The number of hydrogen-bond donors (Lipinski definition) is 1. The molecule has 3 rings (SSSR count). The molecule has 0 atom stereocenters. The number of benzene rings is 2. The summed E-state index contributed by atoms with van der Waals surface area (Å²) in [6, 6.07) is 10.9. The number of amides is 1. The highest BCUT2D eigenvalue weighted by atomic mass is 32.2. The Morgan fingerprint density at radius 3 is 2.38 bits per heavy atom. The van der Waals surface area contributed by atoms with Gasteiger partial charge in [-0.2, -0.15) is 0 Å². The van der Waals surface area contributed by atoms with Crippen LogP contribution in [-0.4, -0.2) is 47.8 Å². The van der Waals surface area contributed by atoms with Gasteiger partial charge in [0.05, 0.1) is 9.82 Å². The summed E-state index contributed by atoms with van der Waals surface area (Å²) >= 11 is 0. The van der Waals surface area contributed by atoms with E-state index in [1.54, 1.807) is 0 Å². The van der Waals surface area contributed by atoms with Crippen molar-refractivity contribution in [1.82, 2.24) is 14.5 Å². The largest absolute Gasteiger partial charge is 0.403 e. The average molecular weight is 417 g/mol. The third-order valence-electron chi connectivity index (χ3n) is 3.87. The van der Waals surface area contributed by atoms with Gasteiger partial charge in [-0.3, -0.25) is 20.2 Å². The fourth-order valence-electron chi connectivity index (χ4n) is 2.36. The molecule has 1 amide bonds. The zero-order valence-electron chi connectivity index (χ0n) is 15.3. The van der Waals surface area contributed by atoms with E-state index >= 15 is 0 Å². The van der Waals surface area contributed by atoms with Gasteiger partial charge < -0.3 is 4.42 Å². The number of nitro benzene ring substituents is 1. The van der Waals surface area contributed by atoms with Gasteiger partial charge in [0.25, 0.3) is 11.6 Å². The summed E-state index contributed by atoms with van der Waals surface area (Å²) in [6.07, 6.45) is 0. The molecule has 0 unspecified atom stereocenters. The molecule has 12 heteroatoms. The van der Waals surface area contributed by atoms with E-state index in [2.05, 4.69) is 15.5 Å². The minimum absolute atomic E-state index is 0.0386. The predicted octanol–water partition coefficient (Wildman–Crippen LogP) is 2.15. The molecule has 1 aromatic heterocycles. The summed E-state index contributed by atoms with van der Waals surface area (Å²) in [5.74, 6) is -0.739. The number of anilines is 1. The molecule has 0 saturated carbocycles. The topological polar surface area (TPSA) is 149 Å². The molecule has 0 saturated heterocycles. The smallest absolute Gasteiger partial charge is 0.322 e. The van der Waals surface area contributed by atoms with Crippen LogP contribution < -0.4 is 5.32 Å². The molecule has 150 valence electrons. The molecule has 29 heavy (non-hydrogen) atoms. The number of nitrogens with zero attached hydrogens (tertiary/aromatic N) is 4. The monoisotopic (exact) mass is 417 g/mol. The minimum Gasteiger partial charge on any atom is -0.403 e. The summed E-state index contributed by atoms with van der Waals surface area (Å²) in [7, 11) is -0.726. The van der Waals surface area contributed by atoms with Crippen LogP contribution in [0.3, 0.4) is 0 Å². The molecule has 0 aliphatic carbocycles. The van der Waals surface area contributed by atoms with Crippen LogP contribution >= 0.6 is 0 Å². The van der Waals surface area contributed by atoms with Crippen LogP contribution in [0.2, 0.25) is 0 Å². The van der Waals surface area contributed by atoms with Crippen LogP contribution in [0.5, 0.6) is 0 Å². The van der Waals surface area contributed by atoms with Crippen molar-refractivity contribution < 1.29 is 22.6 Å². The second kappa shape index (κ2) is 7.77. The molecule has 0 radical (unpaired) electrons. The molecule has 0 bridgehead atoms. The van der Waals surface area contributed by atoms with Crippen molar-refractivity contribution in [2.24, 2.45) is 0 Å². The molecule has 2 aromatic carbocycles. The number of carbonyl (C=O) groups excluding carboxylic acids is 1. The van der Waals surface area contributed by atoms with Gasteiger partial charge in [0.2, 0.25) is 15.9 Å². The third-order valence-corrected chi connectivity index (χ3v) is 5.70. The van der Waals surface area contributed by atoms with Gasteiger partial charge in [-0.05, 0) is 30.3 Å². The molecular weight excluding hydrogens is 402 g/mol. The van der Waals surface area contributed by atoms with Gasteiger partial charge in [-0.1, -0.05) is 17.2 Å². The number of nitrogens with one attached hydrogen (secondary N) is 1. The highest BCUT2D eigenvalue weighted by Crippen LogP contribution is 2.24. The van der Waals surface area contributed by atoms with Crippen molar-refractivity contribution in [2.45, 2.75) is 4.90 Å². The number of aromatic nitrogens is 2. The lowest BCUT2D eigenvalue weighted by atomic mass is 10.1. The van der Waals surface area contributed by atoms with Gasteiger partial charge in [-0.15, -0.1) is 5.10 Å². The number of nitro groups is 1. The number of hydrogen-bond acceptors (Lipinski definition) is 8. The number of para-hydroxylation sites is 1. The molecule has 11 nitrogen and oxygen atoms in total. The molecule has 1 heterocycles. The van der Waals surface area contributed by atoms with Gasteiger partial charge in [0, 0.05) is 25.7 Å². The number of carbonyl (C=O) groups is 1. The van der Waals surface area contributed by atoms with Gasteiger partial charge >= 0.3 is 6.01 Å². The van der Waals surface area contributed by atoms with Gasteiger partial charge in [0.15, 0.2) is 0 Å². The second-order valence-electron chi connectivity index (χ2n) is 5.95. The number of sulfonamides is 1. The van der Waals surface area contributed by atoms with E-state index in [9.17, 15) is 23.3 Å². The summed E-state index contributed by atoms with van der Waals surface area (Å²) in [6.45, 7) is 0. The lowest BCUT2D eigenvalue weighted by molar-refractivity contribution is -0.385. The molecule has 3 aromatic rings. The van der Waals surface area contributed by atoms with Crippen molar-refractivity contribution >= 4 is 27.6 Å². The van der Waals surface area contributed by atoms with Crippen molar-refractivity contribution in [3.8, 4) is 11.5 Å². The maximum Gasteiger partial charge on any atom is 0.322 e. The van der Waals surface area contributed by atoms with Crippen LogP contribution in [0, 0.1) is 10.1 Å². The first-order valence-corrected chi connectivity index (χ1v) is 9.55. The van der Waals surface area contributed by atoms with E-state index in [0.29, 0.717) is 5.56 Å². The highest BCUT2D eigenvalue weighted by Gasteiger charge is 2.22. The summed E-state index contributed by atoms with van der Waals surface area (Å²) in [5.41, 5.74) is -0.0840. The Kier molecular flexibility index (Phi) is 5.39. The first-order chi connectivity index (χ1) is 13.7. The SMILES string of the molecule is CN(C)S(=O)(=O)c1ccc(-c2nnc(NC(=O)c3ccccc3[N+](=O)[O-])o2)cc1. The van der Waals surface area contributed by atoms with Crippen molar-refractivity contribution in [3.05, 3.63) is 64.2 Å². The average Bonchev–Trinajstić information content (AvgIpc) is 3.16. The maximum atomic E-state index is 12.3. The first-order valence-electron chi connectivity index (χ1n) is 8.11. The van der Waals surface area contributed by atoms with Gasteiger partial charge in [-0.25, -0.2) is 12.7 Å². The van der Waals surface area contributed by atoms with E-state index in [1.807, 2.05) is 0 Å². The third kappa shape index (κ3) is 4.12. The Morgan fingerprint density at radius 1 is 1.10 bits per heavy atom. The summed E-state index contributed by atoms with van der Waals surface area (Å²) in [4.78, 5) is 22.7. The van der Waals surface area contributed by atoms with E-state index in [1.165, 1.54) is 62.6 Å². The predicted molar refractivity (Wildman–Crippen MR) is 102 cm³/mol. The zero-order valence-corrected chi connectivity index (χ0v) is 16.1. The fourth-order valence-corrected chi connectivity index (χ4v) is 3.26. The van der Waals surface area contributed by atoms with E-state index in [-0.39, 0.29) is 28.1 Å². The van der Waals surface area contributed by atoms with Crippen LogP contribution in [-0.2, 0) is 10.0 Å². The first kappa shape index (κ1) is 20.1. The highest BCUT2D eigenvalue weighted by molar-refractivity contribution is 7.89. The summed E-state index contributed by atoms with van der Waals surface area (Å²) in [5, 5.41) is 20.8. The van der Waals surface area contributed by atoms with E-state index in [0.717, 1.165) is 4.31 Å². The normalized spacial score (nSPS) is 11.4. The van der Waals surface area contributed by atoms with E-state index in [4.69, 9.17) is 4.42 Å². The van der Waals surface area contributed by atoms with Crippen LogP contribution in [0.4, 0.5) is 11.7 Å². The quantitative estimate of drug-likeness (QED) is 0.474. The molecule has 0 aliphatic rings. The van der Waals surface area contributed by atoms with Crippen LogP contribution in [0.15, 0.2) is 57.8 Å². The molecule has 1 N–H and O–H groups in total. The van der Waals surface area contributed by atoms with Gasteiger partial charge in [0.1, 0.15) is 5.56 Å². The van der Waals surface area contributed by atoms with Crippen molar-refractivity contribution in [3.63, 3.8) is 0 Å². The van der Waals surface area contributed by atoms with Crippen molar-refractivity contribution in [1.29, 1.82) is 0 Å². The molecule has 0 spiro atoms. The number of rotatable bonds is 6. The molecule has 0 fully saturated rings. The Balaban J connectivity index is 1.80. The van der Waals surface area contributed by atoms with Crippen LogP contribution in [0.25, 0.3) is 11.5 Å². The van der Waals surface area contributed by atoms with E-state index < -0.39 is 20.9 Å². The lowest BCUT2D eigenvalue weighted by Crippen LogP contribution is -2.22. The fraction of sp³-hybridized carbons (Fsp3) is 0.118. The zero-order chi connectivity index (χ0) is 21.2. The molecule has 0 aliphatic heterocycles. The summed E-state index contributed by atoms with van der Waals surface area (Å²) < 4.78 is 30.6. The van der Waals surface area contributed by atoms with Crippen molar-refractivity contribution in [2.75, 3.05) is 19.4 Å². The molecular formula is C17H15N5O6S. The Hall–Kier alpha value is -3.64. The lowest BCUT2D eigenvalue weighted by Gasteiger charge is -2.11.